The maximum absolute atomic E-state index is 6.03. The molecule has 0 spiro atoms. The van der Waals surface area contributed by atoms with Crippen LogP contribution in [-0.4, -0.2) is 25.3 Å². The average Bonchev–Trinajstić information content (AvgIpc) is 2.37. The predicted molar refractivity (Wildman–Crippen MR) is 81.2 cm³/mol. The minimum atomic E-state index is 0.291. The highest BCUT2D eigenvalue weighted by Crippen LogP contribution is 2.43. The van der Waals surface area contributed by atoms with Crippen molar-refractivity contribution < 1.29 is 4.74 Å². The summed E-state index contributed by atoms with van der Waals surface area (Å²) in [6.07, 6.45) is 10.2. The highest BCUT2D eigenvalue weighted by atomic mass is 16.5. The molecule has 1 fully saturated rings. The Morgan fingerprint density at radius 2 is 2.11 bits per heavy atom. The summed E-state index contributed by atoms with van der Waals surface area (Å²) in [4.78, 5) is 0. The third-order valence-corrected chi connectivity index (χ3v) is 4.84. The summed E-state index contributed by atoms with van der Waals surface area (Å²) in [5.74, 6) is 1.48. The summed E-state index contributed by atoms with van der Waals surface area (Å²) in [6, 6.07) is 0.635. The van der Waals surface area contributed by atoms with E-state index in [2.05, 4.69) is 45.2 Å². The lowest BCUT2D eigenvalue weighted by atomic mass is 9.64. The first-order valence-corrected chi connectivity index (χ1v) is 8.00. The molecule has 0 bridgehead atoms. The SMILES string of the molecule is CC(C)COC1CC(NCC2CC=CCC2)C1(C)C. The second-order valence-electron chi connectivity index (χ2n) is 7.38. The smallest absolute Gasteiger partial charge is 0.0656 e. The Hall–Kier alpha value is -0.340. The fourth-order valence-corrected chi connectivity index (χ4v) is 3.17. The summed E-state index contributed by atoms with van der Waals surface area (Å²) >= 11 is 0. The molecular weight excluding hydrogens is 234 g/mol. The molecular formula is C17H31NO. The summed E-state index contributed by atoms with van der Waals surface area (Å²) in [7, 11) is 0. The van der Waals surface area contributed by atoms with Gasteiger partial charge in [-0.05, 0) is 44.1 Å². The second-order valence-corrected chi connectivity index (χ2v) is 7.38. The first-order valence-electron chi connectivity index (χ1n) is 8.00. The van der Waals surface area contributed by atoms with Gasteiger partial charge in [0.15, 0.2) is 0 Å². The van der Waals surface area contributed by atoms with Gasteiger partial charge in [0.25, 0.3) is 0 Å². The molecule has 0 heterocycles. The topological polar surface area (TPSA) is 21.3 Å². The van der Waals surface area contributed by atoms with Crippen LogP contribution in [0, 0.1) is 17.3 Å². The average molecular weight is 265 g/mol. The maximum atomic E-state index is 6.03. The number of hydrogen-bond donors (Lipinski definition) is 1. The van der Waals surface area contributed by atoms with E-state index in [0.717, 1.165) is 12.5 Å². The van der Waals surface area contributed by atoms with Gasteiger partial charge in [-0.2, -0.15) is 0 Å². The van der Waals surface area contributed by atoms with Gasteiger partial charge in [-0.25, -0.2) is 0 Å². The molecule has 1 N–H and O–H groups in total. The van der Waals surface area contributed by atoms with Crippen LogP contribution in [0.2, 0.25) is 0 Å². The summed E-state index contributed by atoms with van der Waals surface area (Å²) < 4.78 is 6.03. The number of nitrogens with one attached hydrogen (secondary N) is 1. The van der Waals surface area contributed by atoms with Gasteiger partial charge < -0.3 is 10.1 Å². The van der Waals surface area contributed by atoms with Gasteiger partial charge in [0.2, 0.25) is 0 Å². The number of allylic oxidation sites excluding steroid dienone is 2. The van der Waals surface area contributed by atoms with Gasteiger partial charge in [0.1, 0.15) is 0 Å². The maximum Gasteiger partial charge on any atom is 0.0656 e. The molecule has 3 unspecified atom stereocenters. The van der Waals surface area contributed by atoms with Crippen molar-refractivity contribution in [2.75, 3.05) is 13.2 Å². The van der Waals surface area contributed by atoms with Gasteiger partial charge in [-0.1, -0.05) is 39.8 Å². The van der Waals surface area contributed by atoms with Crippen LogP contribution in [0.15, 0.2) is 12.2 Å². The minimum absolute atomic E-state index is 0.291. The van der Waals surface area contributed by atoms with Crippen molar-refractivity contribution in [1.82, 2.24) is 5.32 Å². The summed E-state index contributed by atoms with van der Waals surface area (Å²) in [5, 5.41) is 3.78. The standard InChI is InChI=1S/C17H31NO/c1-13(2)12-19-16-10-15(17(16,3)4)18-11-14-8-6-5-7-9-14/h5-6,13-16,18H,7-12H2,1-4H3. The zero-order chi connectivity index (χ0) is 13.9. The third-order valence-electron chi connectivity index (χ3n) is 4.84. The van der Waals surface area contributed by atoms with Crippen LogP contribution in [-0.2, 0) is 4.74 Å². The molecule has 3 atom stereocenters. The fraction of sp³-hybridized carbons (Fsp3) is 0.882. The van der Waals surface area contributed by atoms with Crippen LogP contribution in [0.1, 0.15) is 53.4 Å². The quantitative estimate of drug-likeness (QED) is 0.738. The van der Waals surface area contributed by atoms with Crippen LogP contribution < -0.4 is 5.32 Å². The third kappa shape index (κ3) is 3.82. The molecule has 2 rings (SSSR count). The zero-order valence-electron chi connectivity index (χ0n) is 13.1. The highest BCUT2D eigenvalue weighted by molar-refractivity contribution is 5.03. The van der Waals surface area contributed by atoms with E-state index in [9.17, 15) is 0 Å². The van der Waals surface area contributed by atoms with Gasteiger partial charge in [-0.3, -0.25) is 0 Å². The van der Waals surface area contributed by atoms with E-state index in [4.69, 9.17) is 4.74 Å². The van der Waals surface area contributed by atoms with E-state index < -0.39 is 0 Å². The van der Waals surface area contributed by atoms with E-state index in [-0.39, 0.29) is 0 Å². The van der Waals surface area contributed by atoms with Gasteiger partial charge >= 0.3 is 0 Å². The number of ether oxygens (including phenoxy) is 1. The first-order chi connectivity index (χ1) is 9.00. The predicted octanol–water partition coefficient (Wildman–Crippen LogP) is 3.77. The lowest BCUT2D eigenvalue weighted by molar-refractivity contribution is -0.124. The molecule has 2 aliphatic carbocycles. The van der Waals surface area contributed by atoms with Gasteiger partial charge in [-0.15, -0.1) is 0 Å². The van der Waals surface area contributed by atoms with Gasteiger partial charge in [0.05, 0.1) is 6.10 Å². The molecule has 1 saturated carbocycles. The summed E-state index contributed by atoms with van der Waals surface area (Å²) in [6.45, 7) is 11.2. The molecule has 0 saturated heterocycles. The van der Waals surface area contributed by atoms with Gasteiger partial charge in [0, 0.05) is 18.1 Å². The normalized spacial score (nSPS) is 33.4. The number of rotatable bonds is 6. The highest BCUT2D eigenvalue weighted by Gasteiger charge is 2.48. The lowest BCUT2D eigenvalue weighted by Crippen LogP contribution is -2.61. The molecule has 0 aromatic carbocycles. The van der Waals surface area contributed by atoms with Crippen LogP contribution in [0.5, 0.6) is 0 Å². The van der Waals surface area contributed by atoms with Crippen molar-refractivity contribution in [2.45, 2.75) is 65.5 Å². The Morgan fingerprint density at radius 1 is 1.32 bits per heavy atom. The molecule has 2 aliphatic rings. The van der Waals surface area contributed by atoms with E-state index >= 15 is 0 Å². The van der Waals surface area contributed by atoms with E-state index in [1.165, 1.54) is 32.2 Å². The van der Waals surface area contributed by atoms with Crippen molar-refractivity contribution in [1.29, 1.82) is 0 Å². The Bertz CT molecular complexity index is 308. The largest absolute Gasteiger partial charge is 0.377 e. The molecule has 0 aliphatic heterocycles. The van der Waals surface area contributed by atoms with E-state index in [1.807, 2.05) is 0 Å². The fourth-order valence-electron chi connectivity index (χ4n) is 3.17. The Morgan fingerprint density at radius 3 is 2.68 bits per heavy atom. The van der Waals surface area contributed by atoms with Crippen molar-refractivity contribution >= 4 is 0 Å². The minimum Gasteiger partial charge on any atom is -0.377 e. The molecule has 0 aromatic heterocycles. The van der Waals surface area contributed by atoms with Crippen molar-refractivity contribution in [2.24, 2.45) is 17.3 Å². The molecule has 0 amide bonds. The molecule has 19 heavy (non-hydrogen) atoms. The molecule has 2 nitrogen and oxygen atoms in total. The molecule has 0 aromatic rings. The zero-order valence-corrected chi connectivity index (χ0v) is 13.1. The van der Waals surface area contributed by atoms with Crippen molar-refractivity contribution in [3.8, 4) is 0 Å². The van der Waals surface area contributed by atoms with Crippen LogP contribution >= 0.6 is 0 Å². The van der Waals surface area contributed by atoms with Crippen LogP contribution in [0.25, 0.3) is 0 Å². The Labute approximate surface area is 119 Å². The first kappa shape index (κ1) is 15.1. The van der Waals surface area contributed by atoms with Crippen LogP contribution in [0.4, 0.5) is 0 Å². The Balaban J connectivity index is 1.70. The van der Waals surface area contributed by atoms with Crippen molar-refractivity contribution in [3.05, 3.63) is 12.2 Å². The van der Waals surface area contributed by atoms with E-state index in [0.29, 0.717) is 23.5 Å². The second kappa shape index (κ2) is 6.41. The monoisotopic (exact) mass is 265 g/mol. The van der Waals surface area contributed by atoms with E-state index in [1.54, 1.807) is 0 Å². The molecule has 2 heteroatoms. The van der Waals surface area contributed by atoms with Crippen molar-refractivity contribution in [3.63, 3.8) is 0 Å². The summed E-state index contributed by atoms with van der Waals surface area (Å²) in [5.41, 5.74) is 0.291. The van der Waals surface area contributed by atoms with Crippen LogP contribution in [0.3, 0.4) is 0 Å². The Kier molecular flexibility index (Phi) is 5.08. The lowest BCUT2D eigenvalue weighted by Gasteiger charge is -2.52. The number of hydrogen-bond acceptors (Lipinski definition) is 2. The molecule has 0 radical (unpaired) electrons. The molecule has 110 valence electrons.